The molecule has 2 rings (SSSR count). The van der Waals surface area contributed by atoms with Crippen molar-refractivity contribution in [1.29, 1.82) is 0 Å². The van der Waals surface area contributed by atoms with Gasteiger partial charge in [0.05, 0.1) is 13.7 Å². The molecule has 0 spiro atoms. The average molecular weight is 300 g/mol. The second-order valence-electron chi connectivity index (χ2n) is 6.10. The van der Waals surface area contributed by atoms with Crippen molar-refractivity contribution < 1.29 is 9.47 Å². The Morgan fingerprint density at radius 3 is 2.59 bits per heavy atom. The zero-order chi connectivity index (χ0) is 16.0. The summed E-state index contributed by atoms with van der Waals surface area (Å²) < 4.78 is 11.3. The Hall–Kier alpha value is -2.23. The number of anilines is 1. The number of rotatable bonds is 6. The summed E-state index contributed by atoms with van der Waals surface area (Å²) >= 11 is 0. The molecule has 4 nitrogen and oxygen atoms in total. The van der Waals surface area contributed by atoms with Gasteiger partial charge in [-0.3, -0.25) is 0 Å². The van der Waals surface area contributed by atoms with Gasteiger partial charge < -0.3 is 14.8 Å². The molecule has 0 amide bonds. The molecule has 0 aliphatic rings. The molecular weight excluding hydrogens is 276 g/mol. The Morgan fingerprint density at radius 2 is 1.95 bits per heavy atom. The van der Waals surface area contributed by atoms with Gasteiger partial charge in [0.2, 0.25) is 0 Å². The van der Waals surface area contributed by atoms with Crippen molar-refractivity contribution in [3.63, 3.8) is 0 Å². The lowest BCUT2D eigenvalue weighted by Gasteiger charge is -2.23. The first-order valence-electron chi connectivity index (χ1n) is 7.47. The van der Waals surface area contributed by atoms with Crippen LogP contribution in [0.15, 0.2) is 42.6 Å². The van der Waals surface area contributed by atoms with Crippen LogP contribution in [0.1, 0.15) is 26.3 Å². The molecule has 1 N–H and O–H groups in total. The van der Waals surface area contributed by atoms with Gasteiger partial charge in [-0.05, 0) is 35.7 Å². The molecule has 118 valence electrons. The van der Waals surface area contributed by atoms with Gasteiger partial charge in [0.15, 0.2) is 0 Å². The Labute approximate surface area is 132 Å². The maximum absolute atomic E-state index is 5.94. The van der Waals surface area contributed by atoms with Crippen molar-refractivity contribution in [2.24, 2.45) is 0 Å². The summed E-state index contributed by atoms with van der Waals surface area (Å²) in [4.78, 5) is 4.22. The molecule has 0 aliphatic heterocycles. The van der Waals surface area contributed by atoms with Gasteiger partial charge in [0, 0.05) is 11.8 Å². The molecule has 0 atom stereocenters. The van der Waals surface area contributed by atoms with E-state index in [4.69, 9.17) is 9.47 Å². The average Bonchev–Trinajstić information content (AvgIpc) is 2.51. The minimum atomic E-state index is -0.00170. The number of hydrogen-bond acceptors (Lipinski definition) is 4. The lowest BCUT2D eigenvalue weighted by Crippen LogP contribution is -2.17. The number of hydrogen-bond donors (Lipinski definition) is 1. The lowest BCUT2D eigenvalue weighted by atomic mass is 9.86. The topological polar surface area (TPSA) is 43.4 Å². The Morgan fingerprint density at radius 1 is 1.14 bits per heavy atom. The van der Waals surface area contributed by atoms with Crippen LogP contribution in [0.5, 0.6) is 11.5 Å². The first-order chi connectivity index (χ1) is 10.5. The van der Waals surface area contributed by atoms with Gasteiger partial charge in [0.25, 0.3) is 0 Å². The highest BCUT2D eigenvalue weighted by Crippen LogP contribution is 2.34. The molecule has 0 unspecified atom stereocenters. The van der Waals surface area contributed by atoms with Gasteiger partial charge in [-0.25, -0.2) is 4.98 Å². The zero-order valence-electron chi connectivity index (χ0n) is 13.7. The van der Waals surface area contributed by atoms with Crippen LogP contribution in [0.25, 0.3) is 0 Å². The molecule has 2 aromatic rings. The summed E-state index contributed by atoms with van der Waals surface area (Å²) in [7, 11) is 1.68. The van der Waals surface area contributed by atoms with Crippen LogP contribution < -0.4 is 14.8 Å². The van der Waals surface area contributed by atoms with E-state index in [1.54, 1.807) is 13.3 Å². The van der Waals surface area contributed by atoms with E-state index in [9.17, 15) is 0 Å². The number of ether oxygens (including phenoxy) is 2. The summed E-state index contributed by atoms with van der Waals surface area (Å²) in [5.74, 6) is 2.61. The molecule has 0 fully saturated rings. The van der Waals surface area contributed by atoms with Gasteiger partial charge in [0.1, 0.15) is 23.9 Å². The summed E-state index contributed by atoms with van der Waals surface area (Å²) in [6, 6.07) is 11.7. The predicted octanol–water partition coefficient (Wildman–Crippen LogP) is 3.88. The van der Waals surface area contributed by atoms with E-state index < -0.39 is 0 Å². The smallest absolute Gasteiger partial charge is 0.125 e. The van der Waals surface area contributed by atoms with Crippen LogP contribution in [-0.2, 0) is 5.41 Å². The predicted molar refractivity (Wildman–Crippen MR) is 89.9 cm³/mol. The van der Waals surface area contributed by atoms with Crippen molar-refractivity contribution in [2.75, 3.05) is 25.6 Å². The van der Waals surface area contributed by atoms with Crippen LogP contribution in [-0.4, -0.2) is 25.2 Å². The highest BCUT2D eigenvalue weighted by molar-refractivity contribution is 5.44. The van der Waals surface area contributed by atoms with Crippen molar-refractivity contribution in [3.8, 4) is 11.5 Å². The van der Waals surface area contributed by atoms with Gasteiger partial charge in [-0.1, -0.05) is 26.8 Å². The molecule has 1 heterocycles. The van der Waals surface area contributed by atoms with Crippen LogP contribution in [0.4, 0.5) is 5.82 Å². The fraction of sp³-hybridized carbons (Fsp3) is 0.389. The molecule has 22 heavy (non-hydrogen) atoms. The van der Waals surface area contributed by atoms with Crippen LogP contribution in [0.2, 0.25) is 0 Å². The molecule has 0 bridgehead atoms. The van der Waals surface area contributed by atoms with Gasteiger partial charge >= 0.3 is 0 Å². The second-order valence-corrected chi connectivity index (χ2v) is 6.10. The third kappa shape index (κ3) is 4.38. The largest absolute Gasteiger partial charge is 0.497 e. The molecule has 0 saturated carbocycles. The van der Waals surface area contributed by atoms with E-state index in [1.165, 1.54) is 0 Å². The zero-order valence-corrected chi connectivity index (χ0v) is 13.7. The fourth-order valence-electron chi connectivity index (χ4n) is 2.16. The van der Waals surface area contributed by atoms with E-state index in [2.05, 4.69) is 31.1 Å². The van der Waals surface area contributed by atoms with Crippen molar-refractivity contribution >= 4 is 5.82 Å². The first kappa shape index (κ1) is 16.1. The first-order valence-corrected chi connectivity index (χ1v) is 7.47. The second kappa shape index (κ2) is 7.16. The Balaban J connectivity index is 1.97. The molecule has 0 radical (unpaired) electrons. The quantitative estimate of drug-likeness (QED) is 0.822. The maximum atomic E-state index is 5.94. The van der Waals surface area contributed by atoms with E-state index in [-0.39, 0.29) is 5.41 Å². The van der Waals surface area contributed by atoms with E-state index >= 15 is 0 Å². The Bertz CT molecular complexity index is 592. The molecule has 1 aromatic heterocycles. The summed E-state index contributed by atoms with van der Waals surface area (Å²) in [5, 5.41) is 3.23. The summed E-state index contributed by atoms with van der Waals surface area (Å²) in [6.07, 6.45) is 1.77. The monoisotopic (exact) mass is 300 g/mol. The maximum Gasteiger partial charge on any atom is 0.125 e. The highest BCUT2D eigenvalue weighted by Gasteiger charge is 2.19. The fourth-order valence-corrected chi connectivity index (χ4v) is 2.16. The van der Waals surface area contributed by atoms with Crippen molar-refractivity contribution in [3.05, 3.63) is 48.2 Å². The van der Waals surface area contributed by atoms with Crippen LogP contribution in [0.3, 0.4) is 0 Å². The molecule has 0 saturated heterocycles. The number of benzene rings is 1. The normalized spacial score (nSPS) is 11.1. The van der Waals surface area contributed by atoms with Crippen molar-refractivity contribution in [1.82, 2.24) is 4.98 Å². The summed E-state index contributed by atoms with van der Waals surface area (Å²) in [5.41, 5.74) is 1.14. The number of nitrogens with zero attached hydrogens (tertiary/aromatic N) is 1. The third-order valence-electron chi connectivity index (χ3n) is 3.33. The van der Waals surface area contributed by atoms with Crippen LogP contribution in [0, 0.1) is 0 Å². The number of nitrogens with one attached hydrogen (secondary N) is 1. The summed E-state index contributed by atoms with van der Waals surface area (Å²) in [6.45, 7) is 7.78. The van der Waals surface area contributed by atoms with E-state index in [0.29, 0.717) is 13.2 Å². The third-order valence-corrected chi connectivity index (χ3v) is 3.33. The lowest BCUT2D eigenvalue weighted by molar-refractivity contribution is 0.321. The number of methoxy groups -OCH3 is 1. The highest BCUT2D eigenvalue weighted by atomic mass is 16.5. The van der Waals surface area contributed by atoms with Crippen molar-refractivity contribution in [2.45, 2.75) is 26.2 Å². The molecular formula is C18H24N2O2. The molecule has 1 aromatic carbocycles. The number of pyridine rings is 1. The van der Waals surface area contributed by atoms with Crippen LogP contribution >= 0.6 is 0 Å². The standard InChI is InChI=1S/C18H24N2O2/c1-18(2,3)15-13-14(21-4)8-9-16(15)22-12-11-20-17-7-5-6-10-19-17/h5-10,13H,11-12H2,1-4H3,(H,19,20). The molecule has 0 aliphatic carbocycles. The van der Waals surface area contributed by atoms with E-state index in [0.717, 1.165) is 22.9 Å². The minimum absolute atomic E-state index is 0.00170. The van der Waals surface area contributed by atoms with Gasteiger partial charge in [-0.2, -0.15) is 0 Å². The van der Waals surface area contributed by atoms with Gasteiger partial charge in [-0.15, -0.1) is 0 Å². The Kier molecular flexibility index (Phi) is 5.26. The minimum Gasteiger partial charge on any atom is -0.497 e. The van der Waals surface area contributed by atoms with E-state index in [1.807, 2.05) is 36.4 Å². The SMILES string of the molecule is COc1ccc(OCCNc2ccccn2)c(C(C)(C)C)c1. The molecule has 4 heteroatoms. The number of aromatic nitrogens is 1.